The van der Waals surface area contributed by atoms with Crippen LogP contribution < -0.4 is 15.0 Å². The number of thioether (sulfide) groups is 1. The van der Waals surface area contributed by atoms with Crippen LogP contribution in [0.4, 0.5) is 11.4 Å². The van der Waals surface area contributed by atoms with E-state index in [2.05, 4.69) is 26.5 Å². The topological polar surface area (TPSA) is 72.3 Å². The fourth-order valence-corrected chi connectivity index (χ4v) is 3.74. The first-order valence-corrected chi connectivity index (χ1v) is 9.44. The maximum Gasteiger partial charge on any atom is 0.234 e. The summed E-state index contributed by atoms with van der Waals surface area (Å²) in [4.78, 5) is 14.4. The third-order valence-electron chi connectivity index (χ3n) is 4.33. The molecule has 0 spiro atoms. The second-order valence-corrected chi connectivity index (χ2v) is 7.10. The maximum absolute atomic E-state index is 12.3. The lowest BCUT2D eigenvalue weighted by Crippen LogP contribution is -2.27. The summed E-state index contributed by atoms with van der Waals surface area (Å²) in [6, 6.07) is 15.4. The lowest BCUT2D eigenvalue weighted by molar-refractivity contribution is -0.113. The van der Waals surface area contributed by atoms with Crippen molar-refractivity contribution in [1.82, 2.24) is 14.8 Å². The third-order valence-corrected chi connectivity index (χ3v) is 5.30. The van der Waals surface area contributed by atoms with Crippen molar-refractivity contribution in [3.05, 3.63) is 48.5 Å². The van der Waals surface area contributed by atoms with E-state index in [1.54, 1.807) is 7.11 Å². The number of para-hydroxylation sites is 1. The molecule has 0 saturated heterocycles. The Bertz CT molecular complexity index is 970. The van der Waals surface area contributed by atoms with Crippen LogP contribution in [0.25, 0.3) is 11.4 Å². The van der Waals surface area contributed by atoms with E-state index in [-0.39, 0.29) is 11.7 Å². The minimum atomic E-state index is -0.0907. The summed E-state index contributed by atoms with van der Waals surface area (Å²) in [5, 5.41) is 12.2. The molecule has 138 valence electrons. The van der Waals surface area contributed by atoms with E-state index < -0.39 is 0 Å². The highest BCUT2D eigenvalue weighted by molar-refractivity contribution is 7.99. The molecule has 1 aromatic heterocycles. The Balaban J connectivity index is 1.44. The minimum absolute atomic E-state index is 0.0907. The largest absolute Gasteiger partial charge is 0.497 e. The Hall–Kier alpha value is -3.00. The van der Waals surface area contributed by atoms with Crippen molar-refractivity contribution in [3.8, 4) is 17.1 Å². The molecule has 1 amide bonds. The minimum Gasteiger partial charge on any atom is -0.497 e. The highest BCUT2D eigenvalue weighted by Gasteiger charge is 2.24. The maximum atomic E-state index is 12.3. The molecule has 0 fully saturated rings. The highest BCUT2D eigenvalue weighted by Crippen LogP contribution is 2.35. The number of benzene rings is 2. The van der Waals surface area contributed by atoms with Gasteiger partial charge in [0.25, 0.3) is 0 Å². The SMILES string of the molecule is COc1ccc(NC(=O)CSc2nnc3n2CN(C)c2ccccc2-3)cc1. The van der Waals surface area contributed by atoms with Crippen LogP contribution in [-0.4, -0.2) is 40.6 Å². The van der Waals surface area contributed by atoms with Crippen LogP contribution in [0, 0.1) is 0 Å². The van der Waals surface area contributed by atoms with Crippen LogP contribution in [0.3, 0.4) is 0 Å². The fourth-order valence-electron chi connectivity index (χ4n) is 3.01. The molecule has 1 aliphatic rings. The average molecular weight is 381 g/mol. The van der Waals surface area contributed by atoms with Crippen LogP contribution in [0.2, 0.25) is 0 Å². The van der Waals surface area contributed by atoms with E-state index in [9.17, 15) is 4.79 Å². The number of carbonyl (C=O) groups excluding carboxylic acids is 1. The third kappa shape index (κ3) is 3.48. The standard InChI is InChI=1S/C19H19N5O2S/c1-23-12-24-18(15-5-3-4-6-16(15)23)21-22-19(24)27-11-17(25)20-13-7-9-14(26-2)10-8-13/h3-10H,11-12H2,1-2H3,(H,20,25). The molecule has 1 aliphatic heterocycles. The van der Waals surface area contributed by atoms with Gasteiger partial charge in [0.05, 0.1) is 19.5 Å². The van der Waals surface area contributed by atoms with Crippen LogP contribution in [0.5, 0.6) is 5.75 Å². The second kappa shape index (κ2) is 7.32. The molecule has 0 unspecified atom stereocenters. The lowest BCUT2D eigenvalue weighted by atomic mass is 10.1. The molecule has 2 aromatic carbocycles. The van der Waals surface area contributed by atoms with E-state index in [1.807, 2.05) is 54.1 Å². The molecule has 8 heteroatoms. The number of nitrogens with one attached hydrogen (secondary N) is 1. The number of hydrogen-bond acceptors (Lipinski definition) is 6. The first-order chi connectivity index (χ1) is 13.2. The fraction of sp³-hybridized carbons (Fsp3) is 0.211. The van der Waals surface area contributed by atoms with Crippen LogP contribution in [0.1, 0.15) is 0 Å². The lowest BCUT2D eigenvalue weighted by Gasteiger charge is -2.28. The number of rotatable bonds is 5. The zero-order valence-electron chi connectivity index (χ0n) is 15.0. The van der Waals surface area contributed by atoms with Gasteiger partial charge in [-0.2, -0.15) is 0 Å². The number of methoxy groups -OCH3 is 1. The Morgan fingerprint density at radius 1 is 1.19 bits per heavy atom. The van der Waals surface area contributed by atoms with E-state index in [0.29, 0.717) is 6.67 Å². The van der Waals surface area contributed by atoms with Crippen molar-refractivity contribution in [1.29, 1.82) is 0 Å². The van der Waals surface area contributed by atoms with Gasteiger partial charge in [-0.1, -0.05) is 23.9 Å². The zero-order chi connectivity index (χ0) is 18.8. The first-order valence-electron chi connectivity index (χ1n) is 8.46. The molecule has 7 nitrogen and oxygen atoms in total. The number of nitrogens with zero attached hydrogens (tertiary/aromatic N) is 4. The van der Waals surface area contributed by atoms with Crippen molar-refractivity contribution >= 4 is 29.0 Å². The first kappa shape index (κ1) is 17.4. The van der Waals surface area contributed by atoms with Crippen molar-refractivity contribution in [2.45, 2.75) is 11.8 Å². The summed E-state index contributed by atoms with van der Waals surface area (Å²) in [5.41, 5.74) is 2.91. The number of carbonyl (C=O) groups is 1. The Morgan fingerprint density at radius 3 is 2.74 bits per heavy atom. The molecule has 4 rings (SSSR count). The van der Waals surface area contributed by atoms with Gasteiger partial charge in [0.15, 0.2) is 11.0 Å². The van der Waals surface area contributed by atoms with Crippen molar-refractivity contribution in [2.24, 2.45) is 0 Å². The Morgan fingerprint density at radius 2 is 1.96 bits per heavy atom. The van der Waals surface area contributed by atoms with Gasteiger partial charge in [-0.3, -0.25) is 9.36 Å². The quantitative estimate of drug-likeness (QED) is 0.685. The normalized spacial score (nSPS) is 12.3. The van der Waals surface area contributed by atoms with Gasteiger partial charge in [-0.15, -0.1) is 10.2 Å². The molecule has 0 radical (unpaired) electrons. The number of amides is 1. The Kier molecular flexibility index (Phi) is 4.72. The van der Waals surface area contributed by atoms with Crippen LogP contribution >= 0.6 is 11.8 Å². The van der Waals surface area contributed by atoms with Gasteiger partial charge < -0.3 is 15.0 Å². The number of fused-ring (bicyclic) bond motifs is 3. The summed E-state index contributed by atoms with van der Waals surface area (Å²) in [6.45, 7) is 0.655. The van der Waals surface area contributed by atoms with Gasteiger partial charge >= 0.3 is 0 Å². The summed E-state index contributed by atoms with van der Waals surface area (Å²) in [7, 11) is 3.64. The average Bonchev–Trinajstić information content (AvgIpc) is 3.10. The van der Waals surface area contributed by atoms with Gasteiger partial charge in [0, 0.05) is 24.0 Å². The summed E-state index contributed by atoms with van der Waals surface area (Å²) < 4.78 is 7.15. The summed E-state index contributed by atoms with van der Waals surface area (Å²) in [5.74, 6) is 1.76. The van der Waals surface area contributed by atoms with Crippen LogP contribution in [-0.2, 0) is 11.5 Å². The number of hydrogen-bond donors (Lipinski definition) is 1. The molecule has 2 heterocycles. The molecule has 0 bridgehead atoms. The zero-order valence-corrected chi connectivity index (χ0v) is 15.9. The molecule has 0 atom stereocenters. The predicted octanol–water partition coefficient (Wildman–Crippen LogP) is 3.09. The molecular formula is C19H19N5O2S. The smallest absolute Gasteiger partial charge is 0.234 e. The second-order valence-electron chi connectivity index (χ2n) is 6.16. The highest BCUT2D eigenvalue weighted by atomic mass is 32.2. The summed E-state index contributed by atoms with van der Waals surface area (Å²) >= 11 is 1.38. The van der Waals surface area contributed by atoms with Crippen molar-refractivity contribution < 1.29 is 9.53 Å². The van der Waals surface area contributed by atoms with Crippen molar-refractivity contribution in [2.75, 3.05) is 30.1 Å². The molecule has 0 aliphatic carbocycles. The van der Waals surface area contributed by atoms with E-state index >= 15 is 0 Å². The molecular weight excluding hydrogens is 362 g/mol. The van der Waals surface area contributed by atoms with Gasteiger partial charge in [0.1, 0.15) is 5.75 Å². The molecule has 27 heavy (non-hydrogen) atoms. The number of anilines is 2. The van der Waals surface area contributed by atoms with Gasteiger partial charge in [-0.25, -0.2) is 0 Å². The molecule has 0 saturated carbocycles. The Labute approximate surface area is 161 Å². The van der Waals surface area contributed by atoms with Crippen molar-refractivity contribution in [3.63, 3.8) is 0 Å². The predicted molar refractivity (Wildman–Crippen MR) is 106 cm³/mol. The van der Waals surface area contributed by atoms with Crippen LogP contribution in [0.15, 0.2) is 53.7 Å². The van der Waals surface area contributed by atoms with E-state index in [1.165, 1.54) is 11.8 Å². The number of ether oxygens (including phenoxy) is 1. The van der Waals surface area contributed by atoms with Gasteiger partial charge in [0.2, 0.25) is 5.91 Å². The van der Waals surface area contributed by atoms with Gasteiger partial charge in [-0.05, 0) is 36.4 Å². The van der Waals surface area contributed by atoms with E-state index in [4.69, 9.17) is 4.74 Å². The monoisotopic (exact) mass is 381 g/mol. The molecule has 3 aromatic rings. The molecule has 1 N–H and O–H groups in total. The number of aromatic nitrogens is 3. The van der Waals surface area contributed by atoms with E-state index in [0.717, 1.165) is 33.7 Å². The summed E-state index contributed by atoms with van der Waals surface area (Å²) in [6.07, 6.45) is 0.